The third-order valence-electron chi connectivity index (χ3n) is 2.85. The van der Waals surface area contributed by atoms with Gasteiger partial charge in [-0.1, -0.05) is 12.1 Å². The number of nitro benzene ring substituents is 1. The first-order chi connectivity index (χ1) is 10.0. The molecule has 3 N–H and O–H groups in total. The highest BCUT2D eigenvalue weighted by molar-refractivity contribution is 6.08. The second-order valence-corrected chi connectivity index (χ2v) is 4.18. The van der Waals surface area contributed by atoms with E-state index in [0.29, 0.717) is 11.4 Å². The summed E-state index contributed by atoms with van der Waals surface area (Å²) < 4.78 is 5.12. The number of rotatable bonds is 4. The van der Waals surface area contributed by atoms with Gasteiger partial charge in [-0.25, -0.2) is 0 Å². The van der Waals surface area contributed by atoms with Crippen molar-refractivity contribution in [2.24, 2.45) is 0 Å². The van der Waals surface area contributed by atoms with Gasteiger partial charge in [0.25, 0.3) is 11.6 Å². The predicted molar refractivity (Wildman–Crippen MR) is 78.5 cm³/mol. The third kappa shape index (κ3) is 3.08. The molecule has 0 spiro atoms. The molecular formula is C14H13N3O4. The van der Waals surface area contributed by atoms with Gasteiger partial charge in [0, 0.05) is 17.8 Å². The number of anilines is 2. The molecule has 0 aromatic heterocycles. The summed E-state index contributed by atoms with van der Waals surface area (Å²) >= 11 is 0. The summed E-state index contributed by atoms with van der Waals surface area (Å²) in [6, 6.07) is 10.5. The van der Waals surface area contributed by atoms with Gasteiger partial charge in [-0.3, -0.25) is 14.9 Å². The zero-order chi connectivity index (χ0) is 15.4. The van der Waals surface area contributed by atoms with E-state index < -0.39 is 10.8 Å². The van der Waals surface area contributed by atoms with Crippen LogP contribution in [0.4, 0.5) is 17.1 Å². The molecule has 2 aromatic rings. The van der Waals surface area contributed by atoms with Crippen molar-refractivity contribution in [3.63, 3.8) is 0 Å². The number of nitrogens with zero attached hydrogens (tertiary/aromatic N) is 1. The van der Waals surface area contributed by atoms with E-state index in [1.165, 1.54) is 19.2 Å². The molecule has 0 saturated heterocycles. The number of nitrogens with two attached hydrogens (primary N) is 1. The Hall–Kier alpha value is -3.09. The number of benzene rings is 2. The predicted octanol–water partition coefficient (Wildman–Crippen LogP) is 2.44. The molecule has 7 nitrogen and oxygen atoms in total. The van der Waals surface area contributed by atoms with Crippen molar-refractivity contribution >= 4 is 23.0 Å². The van der Waals surface area contributed by atoms with Crippen molar-refractivity contribution in [1.82, 2.24) is 0 Å². The Labute approximate surface area is 120 Å². The summed E-state index contributed by atoms with van der Waals surface area (Å²) in [5, 5.41) is 13.4. The smallest absolute Gasteiger partial charge is 0.270 e. The summed E-state index contributed by atoms with van der Waals surface area (Å²) in [5.74, 6) is -0.0597. The van der Waals surface area contributed by atoms with Crippen LogP contribution in [0.5, 0.6) is 5.75 Å². The van der Waals surface area contributed by atoms with Crippen LogP contribution in [0.3, 0.4) is 0 Å². The molecule has 0 aliphatic carbocycles. The van der Waals surface area contributed by atoms with Gasteiger partial charge in [-0.15, -0.1) is 0 Å². The molecule has 0 heterocycles. The minimum Gasteiger partial charge on any atom is -0.495 e. The van der Waals surface area contributed by atoms with E-state index in [0.717, 1.165) is 6.07 Å². The molecule has 2 rings (SSSR count). The Kier molecular flexibility index (Phi) is 4.03. The number of nitrogen functional groups attached to an aromatic ring is 1. The van der Waals surface area contributed by atoms with E-state index in [2.05, 4.69) is 5.32 Å². The van der Waals surface area contributed by atoms with Crippen LogP contribution < -0.4 is 15.8 Å². The Morgan fingerprint density at radius 3 is 2.67 bits per heavy atom. The van der Waals surface area contributed by atoms with Crippen LogP contribution in [-0.4, -0.2) is 17.9 Å². The minimum absolute atomic E-state index is 0.0371. The van der Waals surface area contributed by atoms with Crippen molar-refractivity contribution in [3.05, 3.63) is 58.1 Å². The monoisotopic (exact) mass is 287 g/mol. The number of hydrogen-bond donors (Lipinski definition) is 2. The van der Waals surface area contributed by atoms with Gasteiger partial charge in [0.1, 0.15) is 5.75 Å². The van der Waals surface area contributed by atoms with Gasteiger partial charge in [0.2, 0.25) is 0 Å². The van der Waals surface area contributed by atoms with Crippen molar-refractivity contribution in [3.8, 4) is 5.75 Å². The van der Waals surface area contributed by atoms with E-state index in [-0.39, 0.29) is 16.9 Å². The molecule has 0 unspecified atom stereocenters. The number of nitrogens with one attached hydrogen (secondary N) is 1. The maximum absolute atomic E-state index is 12.2. The van der Waals surface area contributed by atoms with Crippen LogP contribution in [0.25, 0.3) is 0 Å². The lowest BCUT2D eigenvalue weighted by Crippen LogP contribution is -2.15. The molecule has 0 aliphatic rings. The van der Waals surface area contributed by atoms with Crippen molar-refractivity contribution in [2.75, 3.05) is 18.2 Å². The molecular weight excluding hydrogens is 274 g/mol. The first-order valence-corrected chi connectivity index (χ1v) is 6.01. The van der Waals surface area contributed by atoms with Crippen LogP contribution in [0.2, 0.25) is 0 Å². The highest BCUT2D eigenvalue weighted by atomic mass is 16.6. The van der Waals surface area contributed by atoms with Crippen LogP contribution in [0.15, 0.2) is 42.5 Å². The quantitative estimate of drug-likeness (QED) is 0.510. The fraction of sp³-hybridized carbons (Fsp3) is 0.0714. The first kappa shape index (κ1) is 14.3. The van der Waals surface area contributed by atoms with Crippen LogP contribution in [-0.2, 0) is 0 Å². The minimum atomic E-state index is -0.584. The SMILES string of the molecule is COc1ccccc1NC(=O)c1cc([N+](=O)[O-])ccc1N. The average molecular weight is 287 g/mol. The second-order valence-electron chi connectivity index (χ2n) is 4.18. The summed E-state index contributed by atoms with van der Waals surface area (Å²) in [6.45, 7) is 0. The highest BCUT2D eigenvalue weighted by Crippen LogP contribution is 2.25. The summed E-state index contributed by atoms with van der Waals surface area (Å²) in [5.41, 5.74) is 6.15. The average Bonchev–Trinajstić information content (AvgIpc) is 2.47. The standard InChI is InChI=1S/C14H13N3O4/c1-21-13-5-3-2-4-12(13)16-14(18)10-8-9(17(19)20)6-7-11(10)15/h2-8H,15H2,1H3,(H,16,18). The molecule has 108 valence electrons. The summed E-state index contributed by atoms with van der Waals surface area (Å²) in [6.07, 6.45) is 0. The Balaban J connectivity index is 2.32. The number of amides is 1. The van der Waals surface area contributed by atoms with Gasteiger partial charge >= 0.3 is 0 Å². The maximum atomic E-state index is 12.2. The fourth-order valence-electron chi connectivity index (χ4n) is 1.79. The first-order valence-electron chi connectivity index (χ1n) is 6.01. The lowest BCUT2D eigenvalue weighted by atomic mass is 10.1. The van der Waals surface area contributed by atoms with E-state index in [1.54, 1.807) is 24.3 Å². The highest BCUT2D eigenvalue weighted by Gasteiger charge is 2.16. The summed E-state index contributed by atoms with van der Waals surface area (Å²) in [4.78, 5) is 22.4. The van der Waals surface area contributed by atoms with Crippen LogP contribution in [0, 0.1) is 10.1 Å². The Morgan fingerprint density at radius 2 is 2.00 bits per heavy atom. The van der Waals surface area contributed by atoms with Gasteiger partial charge in [-0.05, 0) is 18.2 Å². The third-order valence-corrected chi connectivity index (χ3v) is 2.85. The number of methoxy groups -OCH3 is 1. The maximum Gasteiger partial charge on any atom is 0.270 e. The molecule has 0 radical (unpaired) electrons. The topological polar surface area (TPSA) is 107 Å². The van der Waals surface area contributed by atoms with Crippen molar-refractivity contribution < 1.29 is 14.5 Å². The number of hydrogen-bond acceptors (Lipinski definition) is 5. The largest absolute Gasteiger partial charge is 0.495 e. The molecule has 1 amide bonds. The normalized spacial score (nSPS) is 9.95. The van der Waals surface area contributed by atoms with Crippen LogP contribution >= 0.6 is 0 Å². The molecule has 0 atom stereocenters. The number of ether oxygens (including phenoxy) is 1. The van der Waals surface area contributed by atoms with Gasteiger partial charge in [0.05, 0.1) is 23.3 Å². The lowest BCUT2D eigenvalue weighted by molar-refractivity contribution is -0.384. The van der Waals surface area contributed by atoms with Crippen molar-refractivity contribution in [2.45, 2.75) is 0 Å². The van der Waals surface area contributed by atoms with E-state index in [9.17, 15) is 14.9 Å². The fourth-order valence-corrected chi connectivity index (χ4v) is 1.79. The molecule has 2 aromatic carbocycles. The number of carbonyl (C=O) groups excluding carboxylic acids is 1. The molecule has 7 heteroatoms. The van der Waals surface area contributed by atoms with Gasteiger partial charge < -0.3 is 15.8 Å². The Morgan fingerprint density at radius 1 is 1.29 bits per heavy atom. The van der Waals surface area contributed by atoms with E-state index >= 15 is 0 Å². The van der Waals surface area contributed by atoms with Gasteiger partial charge in [-0.2, -0.15) is 0 Å². The molecule has 0 aliphatic heterocycles. The van der Waals surface area contributed by atoms with E-state index in [1.807, 2.05) is 0 Å². The van der Waals surface area contributed by atoms with E-state index in [4.69, 9.17) is 10.5 Å². The van der Waals surface area contributed by atoms with Crippen molar-refractivity contribution in [1.29, 1.82) is 0 Å². The zero-order valence-corrected chi connectivity index (χ0v) is 11.2. The zero-order valence-electron chi connectivity index (χ0n) is 11.2. The van der Waals surface area contributed by atoms with Crippen LogP contribution in [0.1, 0.15) is 10.4 Å². The number of non-ortho nitro benzene ring substituents is 1. The Bertz CT molecular complexity index is 700. The molecule has 0 saturated carbocycles. The molecule has 0 bridgehead atoms. The number of para-hydroxylation sites is 2. The number of carbonyl (C=O) groups is 1. The lowest BCUT2D eigenvalue weighted by Gasteiger charge is -2.10. The van der Waals surface area contributed by atoms with Gasteiger partial charge in [0.15, 0.2) is 0 Å². The second kappa shape index (κ2) is 5.91. The summed E-state index contributed by atoms with van der Waals surface area (Å²) in [7, 11) is 1.48. The molecule has 0 fully saturated rings. The number of nitro groups is 1. The molecule has 21 heavy (non-hydrogen) atoms.